The van der Waals surface area contributed by atoms with Gasteiger partial charge in [-0.2, -0.15) is 0 Å². The van der Waals surface area contributed by atoms with Crippen LogP contribution in [0.3, 0.4) is 0 Å². The number of nitrogens with one attached hydrogen (secondary N) is 1. The van der Waals surface area contributed by atoms with Gasteiger partial charge in [-0.1, -0.05) is 0 Å². The molecule has 106 valence electrons. The van der Waals surface area contributed by atoms with E-state index in [2.05, 4.69) is 9.71 Å². The Morgan fingerprint density at radius 1 is 1.30 bits per heavy atom. The minimum absolute atomic E-state index is 0.146. The molecule has 0 spiro atoms. The summed E-state index contributed by atoms with van der Waals surface area (Å²) < 4.78 is 44.8. The van der Waals surface area contributed by atoms with E-state index in [1.807, 2.05) is 0 Å². The van der Waals surface area contributed by atoms with Crippen LogP contribution in [0.5, 0.6) is 5.88 Å². The van der Waals surface area contributed by atoms with Gasteiger partial charge in [0.2, 0.25) is 5.88 Å². The highest BCUT2D eigenvalue weighted by atomic mass is 32.2. The predicted octanol–water partition coefficient (Wildman–Crippen LogP) is 1.61. The fraction of sp³-hybridized carbons (Fsp3) is 0.0833. The van der Waals surface area contributed by atoms with E-state index in [4.69, 9.17) is 10.5 Å². The number of aromatic nitrogens is 1. The SMILES string of the molecule is COc1ccc(NS(=O)(=O)c2ccc(N)cc2F)cn1. The van der Waals surface area contributed by atoms with Gasteiger partial charge in [-0.3, -0.25) is 4.72 Å². The molecule has 0 fully saturated rings. The quantitative estimate of drug-likeness (QED) is 0.836. The lowest BCUT2D eigenvalue weighted by atomic mass is 10.3. The van der Waals surface area contributed by atoms with Crippen LogP contribution in [-0.2, 0) is 10.0 Å². The van der Waals surface area contributed by atoms with Crippen LogP contribution in [0.15, 0.2) is 41.4 Å². The number of sulfonamides is 1. The molecule has 1 aromatic heterocycles. The van der Waals surface area contributed by atoms with Crippen molar-refractivity contribution in [2.45, 2.75) is 4.90 Å². The maximum atomic E-state index is 13.6. The molecule has 2 aromatic rings. The molecule has 0 unspecified atom stereocenters. The van der Waals surface area contributed by atoms with Gasteiger partial charge in [0.05, 0.1) is 19.0 Å². The standard InChI is InChI=1S/C12H12FN3O3S/c1-19-12-5-3-9(7-15-12)16-20(17,18)11-4-2-8(14)6-10(11)13/h2-7,16H,14H2,1H3. The molecule has 0 saturated heterocycles. The maximum absolute atomic E-state index is 13.6. The average molecular weight is 297 g/mol. The molecular formula is C12H12FN3O3S. The lowest BCUT2D eigenvalue weighted by Gasteiger charge is -2.09. The summed E-state index contributed by atoms with van der Waals surface area (Å²) in [5.74, 6) is -0.578. The van der Waals surface area contributed by atoms with E-state index >= 15 is 0 Å². The summed E-state index contributed by atoms with van der Waals surface area (Å²) in [6, 6.07) is 6.30. The van der Waals surface area contributed by atoms with Gasteiger partial charge < -0.3 is 10.5 Å². The molecule has 0 saturated carbocycles. The first-order valence-electron chi connectivity index (χ1n) is 5.50. The van der Waals surface area contributed by atoms with Crippen LogP contribution in [0.2, 0.25) is 0 Å². The van der Waals surface area contributed by atoms with E-state index in [0.29, 0.717) is 5.88 Å². The van der Waals surface area contributed by atoms with Gasteiger partial charge in [0.1, 0.15) is 10.7 Å². The fourth-order valence-corrected chi connectivity index (χ4v) is 2.61. The minimum atomic E-state index is -4.04. The zero-order chi connectivity index (χ0) is 14.8. The third-order valence-electron chi connectivity index (χ3n) is 2.44. The van der Waals surface area contributed by atoms with Crippen LogP contribution in [0.4, 0.5) is 15.8 Å². The van der Waals surface area contributed by atoms with Crippen molar-refractivity contribution in [1.82, 2.24) is 4.98 Å². The lowest BCUT2D eigenvalue weighted by Crippen LogP contribution is -2.15. The smallest absolute Gasteiger partial charge is 0.264 e. The third-order valence-corrected chi connectivity index (χ3v) is 3.86. The van der Waals surface area contributed by atoms with E-state index in [9.17, 15) is 12.8 Å². The van der Waals surface area contributed by atoms with Crippen LogP contribution < -0.4 is 15.2 Å². The number of hydrogen-bond donors (Lipinski definition) is 2. The first kappa shape index (κ1) is 14.1. The van der Waals surface area contributed by atoms with Crippen molar-refractivity contribution in [3.05, 3.63) is 42.3 Å². The Labute approximate surface area is 115 Å². The van der Waals surface area contributed by atoms with Gasteiger partial charge in [0.15, 0.2) is 0 Å². The zero-order valence-electron chi connectivity index (χ0n) is 10.5. The number of methoxy groups -OCH3 is 1. The van der Waals surface area contributed by atoms with Crippen molar-refractivity contribution in [3.63, 3.8) is 0 Å². The van der Waals surface area contributed by atoms with E-state index < -0.39 is 20.7 Å². The number of ether oxygens (including phenoxy) is 1. The Kier molecular flexibility index (Phi) is 3.75. The van der Waals surface area contributed by atoms with Gasteiger partial charge in [-0.15, -0.1) is 0 Å². The summed E-state index contributed by atoms with van der Waals surface area (Å²) in [5.41, 5.74) is 5.72. The normalized spacial score (nSPS) is 11.1. The summed E-state index contributed by atoms with van der Waals surface area (Å²) in [6.07, 6.45) is 1.27. The molecule has 0 amide bonds. The second-order valence-electron chi connectivity index (χ2n) is 3.88. The van der Waals surface area contributed by atoms with Crippen molar-refractivity contribution < 1.29 is 17.5 Å². The van der Waals surface area contributed by atoms with Crippen molar-refractivity contribution >= 4 is 21.4 Å². The molecule has 0 atom stereocenters. The number of benzene rings is 1. The molecule has 0 radical (unpaired) electrons. The van der Waals surface area contributed by atoms with Crippen molar-refractivity contribution in [2.24, 2.45) is 0 Å². The molecule has 3 N–H and O–H groups in total. The summed E-state index contributed by atoms with van der Waals surface area (Å²) in [5, 5.41) is 0. The highest BCUT2D eigenvalue weighted by Gasteiger charge is 2.19. The Bertz CT molecular complexity index is 717. The number of nitrogen functional groups attached to an aromatic ring is 1. The lowest BCUT2D eigenvalue weighted by molar-refractivity contribution is 0.398. The molecule has 0 aliphatic heterocycles. The second-order valence-corrected chi connectivity index (χ2v) is 5.54. The van der Waals surface area contributed by atoms with E-state index in [-0.39, 0.29) is 11.4 Å². The topological polar surface area (TPSA) is 94.3 Å². The monoisotopic (exact) mass is 297 g/mol. The summed E-state index contributed by atoms with van der Waals surface area (Å²) in [4.78, 5) is 3.36. The predicted molar refractivity (Wildman–Crippen MR) is 72.4 cm³/mol. The first-order valence-corrected chi connectivity index (χ1v) is 6.98. The number of rotatable bonds is 4. The van der Waals surface area contributed by atoms with Crippen molar-refractivity contribution in [3.8, 4) is 5.88 Å². The molecule has 0 bridgehead atoms. The van der Waals surface area contributed by atoms with Gasteiger partial charge >= 0.3 is 0 Å². The highest BCUT2D eigenvalue weighted by molar-refractivity contribution is 7.92. The van der Waals surface area contributed by atoms with Crippen LogP contribution in [0.25, 0.3) is 0 Å². The van der Waals surface area contributed by atoms with Gasteiger partial charge in [-0.25, -0.2) is 17.8 Å². The number of halogens is 1. The highest BCUT2D eigenvalue weighted by Crippen LogP contribution is 2.21. The van der Waals surface area contributed by atoms with Crippen LogP contribution in [0, 0.1) is 5.82 Å². The Hall–Kier alpha value is -2.35. The number of nitrogens with zero attached hydrogens (tertiary/aromatic N) is 1. The van der Waals surface area contributed by atoms with Gasteiger partial charge in [-0.05, 0) is 24.3 Å². The van der Waals surface area contributed by atoms with E-state index in [1.165, 1.54) is 31.5 Å². The van der Waals surface area contributed by atoms with Crippen LogP contribution >= 0.6 is 0 Å². The Morgan fingerprint density at radius 3 is 2.60 bits per heavy atom. The summed E-state index contributed by atoms with van der Waals surface area (Å²) >= 11 is 0. The number of pyridine rings is 1. The zero-order valence-corrected chi connectivity index (χ0v) is 11.3. The average Bonchev–Trinajstić information content (AvgIpc) is 2.38. The largest absolute Gasteiger partial charge is 0.481 e. The maximum Gasteiger partial charge on any atom is 0.264 e. The fourth-order valence-electron chi connectivity index (χ4n) is 1.51. The molecule has 1 aromatic carbocycles. The van der Waals surface area contributed by atoms with Gasteiger partial charge in [0.25, 0.3) is 10.0 Å². The summed E-state index contributed by atoms with van der Waals surface area (Å²) in [6.45, 7) is 0. The van der Waals surface area contributed by atoms with E-state index in [0.717, 1.165) is 12.1 Å². The molecule has 1 heterocycles. The number of nitrogens with two attached hydrogens (primary N) is 1. The first-order chi connectivity index (χ1) is 9.42. The summed E-state index contributed by atoms with van der Waals surface area (Å²) in [7, 11) is -2.60. The van der Waals surface area contributed by atoms with Crippen LogP contribution in [0.1, 0.15) is 0 Å². The molecular weight excluding hydrogens is 285 g/mol. The number of anilines is 2. The molecule has 2 rings (SSSR count). The van der Waals surface area contributed by atoms with Crippen LogP contribution in [-0.4, -0.2) is 20.5 Å². The van der Waals surface area contributed by atoms with Crippen molar-refractivity contribution in [1.29, 1.82) is 0 Å². The molecule has 8 heteroatoms. The minimum Gasteiger partial charge on any atom is -0.481 e. The Balaban J connectivity index is 2.30. The molecule has 6 nitrogen and oxygen atoms in total. The molecule has 0 aliphatic carbocycles. The third kappa shape index (κ3) is 2.97. The number of hydrogen-bond acceptors (Lipinski definition) is 5. The van der Waals surface area contributed by atoms with E-state index in [1.54, 1.807) is 0 Å². The van der Waals surface area contributed by atoms with Crippen molar-refractivity contribution in [2.75, 3.05) is 17.6 Å². The molecule has 20 heavy (non-hydrogen) atoms. The Morgan fingerprint density at radius 2 is 2.05 bits per heavy atom. The molecule has 0 aliphatic rings. The second kappa shape index (κ2) is 5.33. The van der Waals surface area contributed by atoms with Gasteiger partial charge in [0, 0.05) is 11.8 Å².